The highest BCUT2D eigenvalue weighted by Crippen LogP contribution is 2.31. The molecule has 150 valence electrons. The number of benzene rings is 1. The lowest BCUT2D eigenvalue weighted by Gasteiger charge is -2.38. The Labute approximate surface area is 161 Å². The van der Waals surface area contributed by atoms with Gasteiger partial charge in [0, 0.05) is 18.8 Å². The predicted molar refractivity (Wildman–Crippen MR) is 111 cm³/mol. The number of nitrogens with two attached hydrogens (primary N) is 1. The van der Waals surface area contributed by atoms with Crippen LogP contribution in [0.15, 0.2) is 30.3 Å². The fourth-order valence-corrected chi connectivity index (χ4v) is 4.02. The number of rotatable bonds is 16. The third-order valence-electron chi connectivity index (χ3n) is 5.65. The van der Waals surface area contributed by atoms with Crippen LogP contribution in [-0.4, -0.2) is 29.0 Å². The lowest BCUT2D eigenvalue weighted by Crippen LogP contribution is -2.50. The first kappa shape index (κ1) is 23.1. The first-order chi connectivity index (χ1) is 12.7. The van der Waals surface area contributed by atoms with Crippen molar-refractivity contribution in [2.45, 2.75) is 89.5 Å². The summed E-state index contributed by atoms with van der Waals surface area (Å²) >= 11 is 0. The van der Waals surface area contributed by atoms with Gasteiger partial charge in [-0.15, -0.1) is 0 Å². The summed E-state index contributed by atoms with van der Waals surface area (Å²) in [5.74, 6) is 0.250. The second-order valence-electron chi connectivity index (χ2n) is 7.84. The molecule has 2 atom stereocenters. The molecule has 0 saturated heterocycles. The van der Waals surface area contributed by atoms with E-state index in [0.29, 0.717) is 6.42 Å². The van der Waals surface area contributed by atoms with Crippen LogP contribution in [0.5, 0.6) is 0 Å². The van der Waals surface area contributed by atoms with Gasteiger partial charge in [0.05, 0.1) is 0 Å². The zero-order valence-corrected chi connectivity index (χ0v) is 16.8. The van der Waals surface area contributed by atoms with Crippen LogP contribution in [0.3, 0.4) is 0 Å². The number of hydrogen-bond donors (Lipinski definition) is 3. The molecule has 0 radical (unpaired) electrons. The molecule has 0 amide bonds. The van der Waals surface area contributed by atoms with Crippen molar-refractivity contribution < 1.29 is 10.2 Å². The SMILES string of the molecule is CCCCCCCCCCC(CCO)C(N)(CCO)Cc1ccccc1. The molecule has 26 heavy (non-hydrogen) atoms. The molecule has 0 aliphatic carbocycles. The minimum atomic E-state index is -0.444. The fourth-order valence-electron chi connectivity index (χ4n) is 4.02. The van der Waals surface area contributed by atoms with Gasteiger partial charge >= 0.3 is 0 Å². The van der Waals surface area contributed by atoms with E-state index in [0.717, 1.165) is 25.7 Å². The second kappa shape index (κ2) is 14.2. The van der Waals surface area contributed by atoms with E-state index in [1.54, 1.807) is 0 Å². The summed E-state index contributed by atoms with van der Waals surface area (Å²) in [7, 11) is 0. The Balaban J connectivity index is 2.51. The zero-order valence-electron chi connectivity index (χ0n) is 16.8. The average Bonchev–Trinajstić information content (AvgIpc) is 2.64. The van der Waals surface area contributed by atoms with Crippen molar-refractivity contribution in [1.82, 2.24) is 0 Å². The number of aliphatic hydroxyl groups is 2. The van der Waals surface area contributed by atoms with Crippen LogP contribution in [0.4, 0.5) is 0 Å². The molecule has 2 unspecified atom stereocenters. The highest BCUT2D eigenvalue weighted by molar-refractivity contribution is 5.18. The standard InChI is InChI=1S/C23H41NO2/c1-2-3-4-5-6-7-8-12-15-22(16-18-25)23(24,17-19-26)20-21-13-10-9-11-14-21/h9-11,13-14,22,25-26H,2-8,12,15-20,24H2,1H3. The number of unbranched alkanes of at least 4 members (excludes halogenated alkanes) is 7. The van der Waals surface area contributed by atoms with Crippen molar-refractivity contribution in [2.24, 2.45) is 11.7 Å². The van der Waals surface area contributed by atoms with E-state index in [4.69, 9.17) is 5.73 Å². The van der Waals surface area contributed by atoms with Gasteiger partial charge in [-0.1, -0.05) is 88.6 Å². The van der Waals surface area contributed by atoms with E-state index in [2.05, 4.69) is 19.1 Å². The van der Waals surface area contributed by atoms with Crippen LogP contribution < -0.4 is 5.73 Å². The van der Waals surface area contributed by atoms with Crippen LogP contribution in [0.1, 0.15) is 83.1 Å². The maximum atomic E-state index is 9.57. The fraction of sp³-hybridized carbons (Fsp3) is 0.739. The average molecular weight is 364 g/mol. The summed E-state index contributed by atoms with van der Waals surface area (Å²) in [6, 6.07) is 10.3. The van der Waals surface area contributed by atoms with Crippen LogP contribution in [0.2, 0.25) is 0 Å². The van der Waals surface area contributed by atoms with Crippen LogP contribution in [-0.2, 0) is 6.42 Å². The van der Waals surface area contributed by atoms with Crippen molar-refractivity contribution in [3.63, 3.8) is 0 Å². The van der Waals surface area contributed by atoms with Gasteiger partial charge < -0.3 is 15.9 Å². The van der Waals surface area contributed by atoms with E-state index in [1.807, 2.05) is 18.2 Å². The smallest absolute Gasteiger partial charge is 0.0448 e. The highest BCUT2D eigenvalue weighted by Gasteiger charge is 2.33. The van der Waals surface area contributed by atoms with Crippen LogP contribution in [0.25, 0.3) is 0 Å². The summed E-state index contributed by atoms with van der Waals surface area (Å²) in [6.07, 6.45) is 13.5. The topological polar surface area (TPSA) is 66.5 Å². The molecule has 1 aromatic carbocycles. The molecule has 0 spiro atoms. The minimum absolute atomic E-state index is 0.0999. The van der Waals surface area contributed by atoms with Crippen LogP contribution >= 0.6 is 0 Å². The molecular formula is C23H41NO2. The number of aliphatic hydroxyl groups excluding tert-OH is 2. The molecule has 1 aromatic rings. The van der Waals surface area contributed by atoms with E-state index >= 15 is 0 Å². The summed E-state index contributed by atoms with van der Waals surface area (Å²) in [5, 5.41) is 19.1. The van der Waals surface area contributed by atoms with Gasteiger partial charge in [0.1, 0.15) is 0 Å². The molecule has 0 bridgehead atoms. The van der Waals surface area contributed by atoms with Crippen molar-refractivity contribution >= 4 is 0 Å². The van der Waals surface area contributed by atoms with E-state index in [-0.39, 0.29) is 19.1 Å². The van der Waals surface area contributed by atoms with Gasteiger partial charge in [-0.25, -0.2) is 0 Å². The van der Waals surface area contributed by atoms with Crippen molar-refractivity contribution in [3.8, 4) is 0 Å². The summed E-state index contributed by atoms with van der Waals surface area (Å²) in [6.45, 7) is 2.52. The van der Waals surface area contributed by atoms with Crippen molar-refractivity contribution in [2.75, 3.05) is 13.2 Å². The Morgan fingerprint density at radius 2 is 1.46 bits per heavy atom. The van der Waals surface area contributed by atoms with Gasteiger partial charge in [-0.05, 0) is 37.2 Å². The Morgan fingerprint density at radius 1 is 0.846 bits per heavy atom. The molecular weight excluding hydrogens is 322 g/mol. The van der Waals surface area contributed by atoms with Gasteiger partial charge in [-0.3, -0.25) is 0 Å². The van der Waals surface area contributed by atoms with Crippen molar-refractivity contribution in [3.05, 3.63) is 35.9 Å². The Kier molecular flexibility index (Phi) is 12.6. The normalized spacial score (nSPS) is 14.9. The monoisotopic (exact) mass is 363 g/mol. The second-order valence-corrected chi connectivity index (χ2v) is 7.84. The third-order valence-corrected chi connectivity index (χ3v) is 5.65. The summed E-state index contributed by atoms with van der Waals surface area (Å²) in [4.78, 5) is 0. The maximum Gasteiger partial charge on any atom is 0.0448 e. The molecule has 3 nitrogen and oxygen atoms in total. The molecule has 3 heteroatoms. The quantitative estimate of drug-likeness (QED) is 0.368. The lowest BCUT2D eigenvalue weighted by atomic mass is 9.73. The molecule has 1 rings (SSSR count). The Bertz CT molecular complexity index is 437. The molecule has 0 aliphatic heterocycles. The van der Waals surface area contributed by atoms with Gasteiger partial charge in [-0.2, -0.15) is 0 Å². The predicted octanol–water partition coefficient (Wildman–Crippen LogP) is 4.84. The first-order valence-corrected chi connectivity index (χ1v) is 10.7. The molecule has 4 N–H and O–H groups in total. The first-order valence-electron chi connectivity index (χ1n) is 10.7. The maximum absolute atomic E-state index is 9.57. The molecule has 0 saturated carbocycles. The number of hydrogen-bond acceptors (Lipinski definition) is 3. The Hall–Kier alpha value is -0.900. The van der Waals surface area contributed by atoms with Gasteiger partial charge in [0.15, 0.2) is 0 Å². The third kappa shape index (κ3) is 9.16. The van der Waals surface area contributed by atoms with E-state index in [9.17, 15) is 10.2 Å². The minimum Gasteiger partial charge on any atom is -0.396 e. The van der Waals surface area contributed by atoms with Crippen molar-refractivity contribution in [1.29, 1.82) is 0 Å². The molecule has 0 fully saturated rings. The summed E-state index contributed by atoms with van der Waals surface area (Å²) < 4.78 is 0. The molecule has 0 heterocycles. The van der Waals surface area contributed by atoms with Gasteiger partial charge in [0.2, 0.25) is 0 Å². The summed E-state index contributed by atoms with van der Waals surface area (Å²) in [5.41, 5.74) is 7.56. The lowest BCUT2D eigenvalue weighted by molar-refractivity contribution is 0.144. The van der Waals surface area contributed by atoms with E-state index in [1.165, 1.54) is 50.5 Å². The van der Waals surface area contributed by atoms with E-state index < -0.39 is 5.54 Å². The highest BCUT2D eigenvalue weighted by atomic mass is 16.3. The molecule has 0 aliphatic rings. The Morgan fingerprint density at radius 3 is 2.04 bits per heavy atom. The largest absolute Gasteiger partial charge is 0.396 e. The zero-order chi connectivity index (χ0) is 19.1. The molecule has 0 aromatic heterocycles. The van der Waals surface area contributed by atoms with Crippen LogP contribution in [0, 0.1) is 5.92 Å². The van der Waals surface area contributed by atoms with Gasteiger partial charge in [0.25, 0.3) is 0 Å².